The fourth-order valence-corrected chi connectivity index (χ4v) is 2.18. The maximum Gasteiger partial charge on any atom is 0.232 e. The zero-order valence-electron chi connectivity index (χ0n) is 9.75. The number of methoxy groups -OCH3 is 1. The van der Waals surface area contributed by atoms with Crippen LogP contribution < -0.4 is 4.74 Å². The van der Waals surface area contributed by atoms with Gasteiger partial charge in [0, 0.05) is 11.1 Å². The lowest BCUT2D eigenvalue weighted by molar-refractivity contribution is 0.396. The minimum Gasteiger partial charge on any atom is -0.480 e. The number of pyridine rings is 1. The second-order valence-corrected chi connectivity index (χ2v) is 4.53. The van der Waals surface area contributed by atoms with E-state index in [2.05, 4.69) is 21.9 Å². The first kappa shape index (κ1) is 11.9. The summed E-state index contributed by atoms with van der Waals surface area (Å²) in [6.45, 7) is 2.11. The molecule has 0 fully saturated rings. The van der Waals surface area contributed by atoms with Gasteiger partial charge < -0.3 is 4.74 Å². The quantitative estimate of drug-likeness (QED) is 0.777. The molecule has 4 nitrogen and oxygen atoms in total. The minimum absolute atomic E-state index is 0.509. The van der Waals surface area contributed by atoms with E-state index in [1.54, 1.807) is 37.5 Å². The van der Waals surface area contributed by atoms with Gasteiger partial charge in [0.25, 0.3) is 0 Å². The number of hydrogen-bond acceptors (Lipinski definition) is 5. The van der Waals surface area contributed by atoms with E-state index in [0.717, 1.165) is 22.0 Å². The summed E-state index contributed by atoms with van der Waals surface area (Å²) in [5, 5.41) is 0. The number of ether oxygens (including phenoxy) is 1. The van der Waals surface area contributed by atoms with Crippen molar-refractivity contribution in [3.05, 3.63) is 30.7 Å². The molecule has 0 aromatic carbocycles. The molecule has 0 aliphatic carbocycles. The van der Waals surface area contributed by atoms with Gasteiger partial charge in [-0.2, -0.15) is 0 Å². The van der Waals surface area contributed by atoms with Gasteiger partial charge >= 0.3 is 0 Å². The molecular formula is C12H13N3OS. The Bertz CT molecular complexity index is 487. The molecule has 2 aromatic heterocycles. The molecule has 5 heteroatoms. The van der Waals surface area contributed by atoms with Crippen molar-refractivity contribution in [3.8, 4) is 17.3 Å². The Labute approximate surface area is 104 Å². The third-order valence-corrected chi connectivity index (χ3v) is 3.08. The van der Waals surface area contributed by atoms with Crippen LogP contribution in [0, 0.1) is 0 Å². The normalized spacial score (nSPS) is 10.2. The van der Waals surface area contributed by atoms with E-state index >= 15 is 0 Å². The summed E-state index contributed by atoms with van der Waals surface area (Å²) in [7, 11) is 1.57. The van der Waals surface area contributed by atoms with E-state index < -0.39 is 0 Å². The summed E-state index contributed by atoms with van der Waals surface area (Å²) in [6, 6.07) is 3.97. The number of rotatable bonds is 4. The van der Waals surface area contributed by atoms with Crippen molar-refractivity contribution in [1.29, 1.82) is 0 Å². The summed E-state index contributed by atoms with van der Waals surface area (Å²) >= 11 is 1.75. The molecule has 0 saturated carbocycles. The molecule has 88 valence electrons. The van der Waals surface area contributed by atoms with Crippen LogP contribution in [0.3, 0.4) is 0 Å². The topological polar surface area (TPSA) is 47.9 Å². The molecule has 0 bridgehead atoms. The van der Waals surface area contributed by atoms with E-state index in [4.69, 9.17) is 4.74 Å². The Morgan fingerprint density at radius 3 is 2.76 bits per heavy atom. The molecule has 0 spiro atoms. The van der Waals surface area contributed by atoms with Crippen LogP contribution in [0.4, 0.5) is 0 Å². The number of aromatic nitrogens is 3. The van der Waals surface area contributed by atoms with E-state index in [1.807, 2.05) is 12.1 Å². The molecule has 0 unspecified atom stereocenters. The molecular weight excluding hydrogens is 234 g/mol. The van der Waals surface area contributed by atoms with Gasteiger partial charge in [-0.25, -0.2) is 9.97 Å². The lowest BCUT2D eigenvalue weighted by atomic mass is 10.3. The Morgan fingerprint density at radius 2 is 2.12 bits per heavy atom. The zero-order chi connectivity index (χ0) is 12.1. The predicted octanol–water partition coefficient (Wildman–Crippen LogP) is 2.66. The molecule has 2 heterocycles. The first-order chi connectivity index (χ1) is 8.35. The maximum absolute atomic E-state index is 4.98. The molecule has 0 radical (unpaired) electrons. The minimum atomic E-state index is 0.509. The Balaban J connectivity index is 2.37. The fraction of sp³-hybridized carbons (Fsp3) is 0.250. The van der Waals surface area contributed by atoms with Crippen molar-refractivity contribution >= 4 is 11.8 Å². The molecule has 2 aromatic rings. The van der Waals surface area contributed by atoms with Crippen LogP contribution in [0.25, 0.3) is 11.4 Å². The van der Waals surface area contributed by atoms with Crippen LogP contribution in [0.15, 0.2) is 35.6 Å². The summed E-state index contributed by atoms with van der Waals surface area (Å²) in [5.41, 5.74) is 1.64. The standard InChI is InChI=1S/C12H13N3OS/c1-3-17-10-5-4-6-13-12(10)9-7-15-11(16-2)8-14-9/h4-8H,3H2,1-2H3. The molecule has 0 aliphatic heterocycles. The average Bonchev–Trinajstić information content (AvgIpc) is 2.40. The molecule has 0 atom stereocenters. The van der Waals surface area contributed by atoms with E-state index in [1.165, 1.54) is 0 Å². The third kappa shape index (κ3) is 2.74. The van der Waals surface area contributed by atoms with Gasteiger partial charge in [0.05, 0.1) is 19.5 Å². The first-order valence-corrected chi connectivity index (χ1v) is 6.28. The van der Waals surface area contributed by atoms with Crippen LogP contribution in [-0.2, 0) is 0 Å². The highest BCUT2D eigenvalue weighted by atomic mass is 32.2. The molecule has 0 saturated heterocycles. The largest absolute Gasteiger partial charge is 0.480 e. The van der Waals surface area contributed by atoms with Gasteiger partial charge in [0.1, 0.15) is 11.4 Å². The molecule has 17 heavy (non-hydrogen) atoms. The Kier molecular flexibility index (Phi) is 3.93. The number of nitrogens with zero attached hydrogens (tertiary/aromatic N) is 3. The molecule has 0 aliphatic rings. The fourth-order valence-electron chi connectivity index (χ4n) is 1.40. The van der Waals surface area contributed by atoms with Crippen molar-refractivity contribution < 1.29 is 4.74 Å². The van der Waals surface area contributed by atoms with Gasteiger partial charge in [-0.1, -0.05) is 6.92 Å². The summed E-state index contributed by atoms with van der Waals surface area (Å²) in [6.07, 6.45) is 5.05. The second-order valence-electron chi connectivity index (χ2n) is 3.23. The van der Waals surface area contributed by atoms with Gasteiger partial charge in [-0.05, 0) is 17.9 Å². The molecule has 0 N–H and O–H groups in total. The highest BCUT2D eigenvalue weighted by Gasteiger charge is 2.08. The maximum atomic E-state index is 4.98. The highest BCUT2D eigenvalue weighted by molar-refractivity contribution is 7.99. The van der Waals surface area contributed by atoms with Crippen molar-refractivity contribution in [2.75, 3.05) is 12.9 Å². The van der Waals surface area contributed by atoms with E-state index in [0.29, 0.717) is 5.88 Å². The van der Waals surface area contributed by atoms with Crippen molar-refractivity contribution in [1.82, 2.24) is 15.0 Å². The number of hydrogen-bond donors (Lipinski definition) is 0. The third-order valence-electron chi connectivity index (χ3n) is 2.15. The SMILES string of the molecule is CCSc1cccnc1-c1cnc(OC)cn1. The Hall–Kier alpha value is -1.62. The lowest BCUT2D eigenvalue weighted by Crippen LogP contribution is -1.93. The van der Waals surface area contributed by atoms with E-state index in [9.17, 15) is 0 Å². The lowest BCUT2D eigenvalue weighted by Gasteiger charge is -2.06. The van der Waals surface area contributed by atoms with E-state index in [-0.39, 0.29) is 0 Å². The van der Waals surface area contributed by atoms with Crippen molar-refractivity contribution in [2.45, 2.75) is 11.8 Å². The summed E-state index contributed by atoms with van der Waals surface area (Å²) < 4.78 is 4.98. The van der Waals surface area contributed by atoms with Gasteiger partial charge in [0.2, 0.25) is 5.88 Å². The smallest absolute Gasteiger partial charge is 0.232 e. The van der Waals surface area contributed by atoms with Crippen molar-refractivity contribution in [2.24, 2.45) is 0 Å². The predicted molar refractivity (Wildman–Crippen MR) is 68.2 cm³/mol. The van der Waals surface area contributed by atoms with Crippen LogP contribution in [0.1, 0.15) is 6.92 Å². The second kappa shape index (κ2) is 5.63. The summed E-state index contributed by atoms with van der Waals surface area (Å²) in [4.78, 5) is 13.9. The van der Waals surface area contributed by atoms with Crippen LogP contribution in [-0.4, -0.2) is 27.8 Å². The van der Waals surface area contributed by atoms with Gasteiger partial charge in [-0.15, -0.1) is 11.8 Å². The van der Waals surface area contributed by atoms with Gasteiger partial charge in [-0.3, -0.25) is 4.98 Å². The average molecular weight is 247 g/mol. The summed E-state index contributed by atoms with van der Waals surface area (Å²) in [5.74, 6) is 1.51. The zero-order valence-corrected chi connectivity index (χ0v) is 10.6. The van der Waals surface area contributed by atoms with Gasteiger partial charge in [0.15, 0.2) is 0 Å². The molecule has 2 rings (SSSR count). The van der Waals surface area contributed by atoms with Crippen LogP contribution >= 0.6 is 11.8 Å². The van der Waals surface area contributed by atoms with Crippen molar-refractivity contribution in [3.63, 3.8) is 0 Å². The Morgan fingerprint density at radius 1 is 1.24 bits per heavy atom. The highest BCUT2D eigenvalue weighted by Crippen LogP contribution is 2.27. The monoisotopic (exact) mass is 247 g/mol. The first-order valence-electron chi connectivity index (χ1n) is 5.29. The molecule has 0 amide bonds. The van der Waals surface area contributed by atoms with Crippen LogP contribution in [0.5, 0.6) is 5.88 Å². The van der Waals surface area contributed by atoms with Crippen LogP contribution in [0.2, 0.25) is 0 Å². The number of thioether (sulfide) groups is 1.